The highest BCUT2D eigenvalue weighted by molar-refractivity contribution is 7.99. The number of hydrogen-bond donors (Lipinski definition) is 0. The molecule has 0 saturated carbocycles. The van der Waals surface area contributed by atoms with E-state index in [1.165, 1.54) is 42.4 Å². The molecule has 32 heavy (non-hydrogen) atoms. The molecule has 1 saturated heterocycles. The lowest BCUT2D eigenvalue weighted by Crippen LogP contribution is -2.33. The zero-order chi connectivity index (χ0) is 22.3. The average molecular weight is 471 g/mol. The minimum Gasteiger partial charge on any atom is -0.312 e. The molecule has 0 bridgehead atoms. The Bertz CT molecular complexity index is 1090. The zero-order valence-corrected chi connectivity index (χ0v) is 20.2. The number of carbonyl (C=O) groups is 1. The summed E-state index contributed by atoms with van der Waals surface area (Å²) in [4.78, 5) is 35.1. The van der Waals surface area contributed by atoms with Crippen molar-refractivity contribution in [3.63, 3.8) is 0 Å². The van der Waals surface area contributed by atoms with Crippen molar-refractivity contribution >= 4 is 44.9 Å². The molecule has 8 heteroatoms. The molecular formula is C24H30N4O2S2. The van der Waals surface area contributed by atoms with Crippen LogP contribution in [0.2, 0.25) is 0 Å². The maximum Gasteiger partial charge on any atom is 0.272 e. The van der Waals surface area contributed by atoms with E-state index in [0.717, 1.165) is 37.3 Å². The number of nitrogens with zero attached hydrogens (tertiary/aromatic N) is 4. The lowest BCUT2D eigenvalue weighted by atomic mass is 10.1. The Morgan fingerprint density at radius 1 is 1.12 bits per heavy atom. The van der Waals surface area contributed by atoms with Gasteiger partial charge in [0.15, 0.2) is 5.16 Å². The van der Waals surface area contributed by atoms with E-state index < -0.39 is 0 Å². The van der Waals surface area contributed by atoms with Gasteiger partial charge < -0.3 is 9.80 Å². The average Bonchev–Trinajstić information content (AvgIpc) is 3.30. The Hall–Kier alpha value is -2.16. The number of benzene rings is 1. The number of thioether (sulfide) groups is 1. The monoisotopic (exact) mass is 470 g/mol. The van der Waals surface area contributed by atoms with Gasteiger partial charge >= 0.3 is 0 Å². The van der Waals surface area contributed by atoms with Crippen LogP contribution in [0, 0.1) is 0 Å². The summed E-state index contributed by atoms with van der Waals surface area (Å²) < 4.78 is 2.47. The topological polar surface area (TPSA) is 58.4 Å². The number of fused-ring (bicyclic) bond motifs is 1. The lowest BCUT2D eigenvalue weighted by Gasteiger charge is -2.26. The first kappa shape index (κ1) is 23.0. The van der Waals surface area contributed by atoms with E-state index in [4.69, 9.17) is 4.98 Å². The van der Waals surface area contributed by atoms with Crippen LogP contribution in [0.5, 0.6) is 0 Å². The van der Waals surface area contributed by atoms with Crippen molar-refractivity contribution in [3.05, 3.63) is 52.1 Å². The molecule has 1 fully saturated rings. The largest absolute Gasteiger partial charge is 0.312 e. The van der Waals surface area contributed by atoms with E-state index in [2.05, 4.69) is 4.90 Å². The molecule has 0 N–H and O–H groups in total. The summed E-state index contributed by atoms with van der Waals surface area (Å²) in [5.41, 5.74) is 1.62. The molecule has 0 atom stereocenters. The molecule has 4 rings (SSSR count). The highest BCUT2D eigenvalue weighted by Crippen LogP contribution is 2.23. The molecule has 1 aromatic carbocycles. The molecule has 3 heterocycles. The van der Waals surface area contributed by atoms with Crippen LogP contribution in [0.25, 0.3) is 10.2 Å². The molecule has 6 nitrogen and oxygen atoms in total. The van der Waals surface area contributed by atoms with Crippen LogP contribution in [0.3, 0.4) is 0 Å². The van der Waals surface area contributed by atoms with Crippen molar-refractivity contribution in [3.8, 4) is 0 Å². The molecule has 1 amide bonds. The number of likely N-dealkylation sites (tertiary alicyclic amines) is 1. The SMILES string of the molecule is CCN(C(=O)CSc1nc2ccsc2c(=O)n1CCCN1CCCCC1)c1ccccc1. The molecule has 170 valence electrons. The number of aromatic nitrogens is 2. The van der Waals surface area contributed by atoms with E-state index in [1.807, 2.05) is 48.7 Å². The van der Waals surface area contributed by atoms with Crippen LogP contribution in [-0.2, 0) is 11.3 Å². The minimum absolute atomic E-state index is 0.00833. The normalized spacial score (nSPS) is 14.7. The molecule has 3 aromatic rings. The van der Waals surface area contributed by atoms with Crippen LogP contribution in [0.15, 0.2) is 51.7 Å². The van der Waals surface area contributed by atoms with Crippen molar-refractivity contribution in [1.82, 2.24) is 14.5 Å². The predicted molar refractivity (Wildman–Crippen MR) is 134 cm³/mol. The number of carbonyl (C=O) groups excluding carboxylic acids is 1. The molecule has 1 aliphatic rings. The summed E-state index contributed by atoms with van der Waals surface area (Å²) in [6.45, 7) is 6.50. The smallest absolute Gasteiger partial charge is 0.272 e. The summed E-state index contributed by atoms with van der Waals surface area (Å²) in [5.74, 6) is 0.264. The molecular weight excluding hydrogens is 440 g/mol. The molecule has 0 aliphatic carbocycles. The van der Waals surface area contributed by atoms with Crippen molar-refractivity contribution in [2.45, 2.75) is 44.3 Å². The van der Waals surface area contributed by atoms with Crippen LogP contribution in [0.4, 0.5) is 5.69 Å². The Kier molecular flexibility index (Phi) is 8.00. The van der Waals surface area contributed by atoms with Gasteiger partial charge in [0, 0.05) is 18.8 Å². The highest BCUT2D eigenvalue weighted by Gasteiger charge is 2.18. The summed E-state index contributed by atoms with van der Waals surface area (Å²) in [7, 11) is 0. The van der Waals surface area contributed by atoms with E-state index in [-0.39, 0.29) is 17.2 Å². The molecule has 0 unspecified atom stereocenters. The maximum atomic E-state index is 13.2. The summed E-state index contributed by atoms with van der Waals surface area (Å²) in [5, 5.41) is 2.54. The third-order valence-corrected chi connectivity index (χ3v) is 7.70. The van der Waals surface area contributed by atoms with E-state index in [0.29, 0.717) is 22.9 Å². The van der Waals surface area contributed by atoms with Gasteiger partial charge in [-0.15, -0.1) is 11.3 Å². The van der Waals surface area contributed by atoms with Gasteiger partial charge in [-0.1, -0.05) is 36.4 Å². The van der Waals surface area contributed by atoms with E-state index in [1.54, 1.807) is 9.47 Å². The fourth-order valence-corrected chi connectivity index (χ4v) is 5.86. The molecule has 1 aliphatic heterocycles. The Balaban J connectivity index is 1.48. The molecule has 0 spiro atoms. The number of piperidine rings is 1. The molecule has 0 radical (unpaired) electrons. The van der Waals surface area contributed by atoms with Crippen molar-refractivity contribution in [2.24, 2.45) is 0 Å². The summed E-state index contributed by atoms with van der Waals surface area (Å²) in [6.07, 6.45) is 4.76. The number of para-hydroxylation sites is 1. The Morgan fingerprint density at radius 3 is 2.66 bits per heavy atom. The van der Waals surface area contributed by atoms with Gasteiger partial charge in [-0.2, -0.15) is 0 Å². The van der Waals surface area contributed by atoms with E-state index >= 15 is 0 Å². The lowest BCUT2D eigenvalue weighted by molar-refractivity contribution is -0.116. The zero-order valence-electron chi connectivity index (χ0n) is 18.5. The fraction of sp³-hybridized carbons (Fsp3) is 0.458. The van der Waals surface area contributed by atoms with Crippen molar-refractivity contribution in [2.75, 3.05) is 36.8 Å². The number of anilines is 1. The van der Waals surface area contributed by atoms with Gasteiger partial charge in [0.1, 0.15) is 4.70 Å². The van der Waals surface area contributed by atoms with Crippen LogP contribution in [0.1, 0.15) is 32.6 Å². The van der Waals surface area contributed by atoms with Gasteiger partial charge in [0.25, 0.3) is 5.56 Å². The van der Waals surface area contributed by atoms with E-state index in [9.17, 15) is 9.59 Å². The third-order valence-electron chi connectivity index (χ3n) is 5.85. The standard InChI is InChI=1S/C24H30N4O2S2/c1-2-27(19-10-5-3-6-11-19)21(29)18-32-24-25-20-12-17-31-22(20)23(30)28(24)16-9-15-26-13-7-4-8-14-26/h3,5-6,10-12,17H,2,4,7-9,13-16,18H2,1H3. The number of thiophene rings is 1. The minimum atomic E-state index is 0.00833. The summed E-state index contributed by atoms with van der Waals surface area (Å²) >= 11 is 2.80. The Labute approximate surface area is 197 Å². The van der Waals surface area contributed by atoms with Crippen molar-refractivity contribution in [1.29, 1.82) is 0 Å². The van der Waals surface area contributed by atoms with Gasteiger partial charge in [-0.3, -0.25) is 14.2 Å². The predicted octanol–water partition coefficient (Wildman–Crippen LogP) is 4.48. The second-order valence-electron chi connectivity index (χ2n) is 8.00. The number of rotatable bonds is 9. The van der Waals surface area contributed by atoms with Crippen LogP contribution >= 0.6 is 23.1 Å². The summed E-state index contributed by atoms with van der Waals surface area (Å²) in [6, 6.07) is 11.6. The van der Waals surface area contributed by atoms with Gasteiger partial charge in [0.05, 0.1) is 11.3 Å². The van der Waals surface area contributed by atoms with Crippen LogP contribution in [-0.4, -0.2) is 52.3 Å². The second kappa shape index (κ2) is 11.1. The van der Waals surface area contributed by atoms with Gasteiger partial charge in [0.2, 0.25) is 5.91 Å². The first-order chi connectivity index (χ1) is 15.7. The fourth-order valence-electron chi connectivity index (χ4n) is 4.18. The van der Waals surface area contributed by atoms with Crippen molar-refractivity contribution < 1.29 is 4.79 Å². The number of hydrogen-bond acceptors (Lipinski definition) is 6. The first-order valence-corrected chi connectivity index (χ1v) is 13.2. The molecule has 2 aromatic heterocycles. The quantitative estimate of drug-likeness (QED) is 0.341. The van der Waals surface area contributed by atoms with Gasteiger partial charge in [-0.05, 0) is 69.4 Å². The second-order valence-corrected chi connectivity index (χ2v) is 9.86. The third kappa shape index (κ3) is 5.42. The van der Waals surface area contributed by atoms with Crippen LogP contribution < -0.4 is 10.5 Å². The number of amides is 1. The maximum absolute atomic E-state index is 13.2. The van der Waals surface area contributed by atoms with Gasteiger partial charge in [-0.25, -0.2) is 4.98 Å². The first-order valence-electron chi connectivity index (χ1n) is 11.4. The highest BCUT2D eigenvalue weighted by atomic mass is 32.2. The Morgan fingerprint density at radius 2 is 1.91 bits per heavy atom.